The lowest BCUT2D eigenvalue weighted by atomic mass is 9.85. The third-order valence-corrected chi connectivity index (χ3v) is 28.3. The average Bonchev–Trinajstić information content (AvgIpc) is 1.51. The van der Waals surface area contributed by atoms with Crippen LogP contribution in [0.5, 0.6) is 0 Å². The molecule has 5 saturated heterocycles. The number of aromatic nitrogens is 10. The van der Waals surface area contributed by atoms with Crippen molar-refractivity contribution in [3.63, 3.8) is 0 Å². The Morgan fingerprint density at radius 1 is 0.411 bits per heavy atom. The van der Waals surface area contributed by atoms with Crippen molar-refractivity contribution in [2.24, 2.45) is 16.2 Å². The third-order valence-electron chi connectivity index (χ3n) is 28.3. The lowest BCUT2D eigenvalue weighted by Gasteiger charge is -2.37. The van der Waals surface area contributed by atoms with E-state index in [4.69, 9.17) is 14.2 Å². The molecule has 7 aliphatic rings. The summed E-state index contributed by atoms with van der Waals surface area (Å²) in [5, 5.41) is 33.3. The number of halogens is 6. The van der Waals surface area contributed by atoms with Crippen molar-refractivity contribution in [3.05, 3.63) is 276 Å². The van der Waals surface area contributed by atoms with Crippen molar-refractivity contribution >= 4 is 85.2 Å². The van der Waals surface area contributed by atoms with Gasteiger partial charge in [0.25, 0.3) is 0 Å². The second kappa shape index (κ2) is 42.0. The number of allylic oxidation sites excluding steroid dienone is 4. The van der Waals surface area contributed by atoms with E-state index in [1.54, 1.807) is 135 Å². The predicted molar refractivity (Wildman–Crippen MR) is 524 cm³/mol. The maximum Gasteiger partial charge on any atom is 0.237 e. The molecule has 1 unspecified atom stereocenters. The van der Waals surface area contributed by atoms with E-state index in [9.17, 15) is 46.3 Å². The maximum atomic E-state index is 16.1. The normalized spacial score (nSPS) is 19.7. The van der Waals surface area contributed by atoms with Gasteiger partial charge in [-0.15, -0.1) is 0 Å². The van der Waals surface area contributed by atoms with Gasteiger partial charge in [0.2, 0.25) is 35.4 Å². The minimum atomic E-state index is -1.54. The highest BCUT2D eigenvalue weighted by Crippen LogP contribution is 2.44. The standard InChI is InChI=1S/C38H39F2N7O3.C37H36F3N7O3.C32H34FN5O3/c1-25-20-27(6-10-31(25)39)34-30-21-29(9-11-32(30)44-45-34)43-36(49)37(24-50-2)12-17-46(23-37)22-33(48)47-18-13-38(40,14-19-47)28-7-4-26(5-8-28)35-41-15-3-16-42-35;1-50-23-36(35(49)43-27-8-10-31-29(20-27)33(45-44-31)28-9-7-26(38)19-30(28)39)11-16-46(22-36)21-32(48)47-17-12-37(40,13-18-47)25-5-3-24(4-6-25)34-41-14-2-15-42-34;1-41-21-32(14-17-37(20-32)19-29(39)38-15-12-23(13-16-38)22-4-2-3-5-22)31(40)34-26-10-11-28-27(18-26)30(36-35-28)24-6-8-25(33)9-7-24/h3-11,15-16,20-21H,12-14,17-19,22-24H2,1-2H3,(H,43,49)(H,44,45);2-10,14-15,19-20H,11-13,16-18,21-23H2,1H3,(H,43,49)(H,44,45);2,4-12,18H,3,13-17,19-21H2,1H3,(H,34,40)(H,35,36)/t37-;36-;/m11./s1. The van der Waals surface area contributed by atoms with Crippen molar-refractivity contribution in [2.75, 3.05) is 155 Å². The lowest BCUT2D eigenvalue weighted by Crippen LogP contribution is -2.48. The summed E-state index contributed by atoms with van der Waals surface area (Å²) < 4.78 is 104. The number of aryl methyl sites for hydroxylation is 1. The van der Waals surface area contributed by atoms with Gasteiger partial charge in [0.15, 0.2) is 11.6 Å². The summed E-state index contributed by atoms with van der Waals surface area (Å²) >= 11 is 0. The minimum Gasteiger partial charge on any atom is -0.384 e. The number of anilines is 3. The number of benzene rings is 8. The Kier molecular flexibility index (Phi) is 28.9. The minimum absolute atomic E-state index is 0.0776. The molecule has 34 heteroatoms. The number of aromatic amines is 3. The summed E-state index contributed by atoms with van der Waals surface area (Å²) in [5.41, 5.74) is 7.56. The molecule has 6 N–H and O–H groups in total. The number of hydrogen-bond acceptors (Lipinski definition) is 19. The molecule has 3 atom stereocenters. The molecule has 6 amide bonds. The number of H-pyrrole nitrogens is 3. The highest BCUT2D eigenvalue weighted by atomic mass is 19.2. The van der Waals surface area contributed by atoms with Crippen molar-refractivity contribution in [2.45, 2.75) is 76.0 Å². The van der Waals surface area contributed by atoms with Crippen LogP contribution >= 0.6 is 0 Å². The van der Waals surface area contributed by atoms with Crippen LogP contribution in [0.3, 0.4) is 0 Å². The maximum absolute atomic E-state index is 16.1. The van der Waals surface area contributed by atoms with Gasteiger partial charge in [-0.2, -0.15) is 15.3 Å². The van der Waals surface area contributed by atoms with E-state index < -0.39 is 39.2 Å². The molecule has 8 aromatic carbocycles. The van der Waals surface area contributed by atoms with Crippen molar-refractivity contribution in [1.82, 2.24) is 79.9 Å². The summed E-state index contributed by atoms with van der Waals surface area (Å²) in [6.45, 7) is 8.18. The number of hydrogen-bond donors (Lipinski definition) is 6. The molecular formula is C107H109F6N19O9. The van der Waals surface area contributed by atoms with Crippen LogP contribution in [0, 0.1) is 46.4 Å². The Balaban J connectivity index is 0.000000141. The van der Waals surface area contributed by atoms with Crippen LogP contribution in [0.25, 0.3) is 89.3 Å². The number of amides is 6. The average molecular weight is 1920 g/mol. The number of carbonyl (C=O) groups is 6. The van der Waals surface area contributed by atoms with Gasteiger partial charge in [0, 0.05) is 198 Å². The van der Waals surface area contributed by atoms with E-state index in [-0.39, 0.29) is 131 Å². The molecule has 728 valence electrons. The third kappa shape index (κ3) is 21.4. The number of alkyl halides is 2. The number of methoxy groups -OCH3 is 3. The van der Waals surface area contributed by atoms with E-state index in [1.165, 1.54) is 42.5 Å². The van der Waals surface area contributed by atoms with E-state index >= 15 is 8.78 Å². The van der Waals surface area contributed by atoms with Gasteiger partial charge < -0.3 is 44.9 Å². The van der Waals surface area contributed by atoms with Crippen LogP contribution in [0.1, 0.15) is 74.5 Å². The van der Waals surface area contributed by atoms with E-state index in [2.05, 4.69) is 95.7 Å². The van der Waals surface area contributed by atoms with Gasteiger partial charge in [0.1, 0.15) is 40.3 Å². The summed E-state index contributed by atoms with van der Waals surface area (Å²) in [7, 11) is 4.70. The van der Waals surface area contributed by atoms with Gasteiger partial charge in [-0.3, -0.25) is 58.8 Å². The number of ether oxygens (including phenoxy) is 3. The summed E-state index contributed by atoms with van der Waals surface area (Å²) in [5.74, 6) is -1.56. The first-order valence-electron chi connectivity index (χ1n) is 47.3. The Morgan fingerprint density at radius 3 is 1.22 bits per heavy atom. The molecule has 20 rings (SSSR count). The zero-order chi connectivity index (χ0) is 98.2. The molecule has 13 aromatic rings. The first-order valence-corrected chi connectivity index (χ1v) is 47.3. The predicted octanol–water partition coefficient (Wildman–Crippen LogP) is 16.3. The van der Waals surface area contributed by atoms with E-state index in [1.807, 2.05) is 75.4 Å². The summed E-state index contributed by atoms with van der Waals surface area (Å²) in [6, 6.07) is 48.4. The van der Waals surface area contributed by atoms with E-state index in [0.717, 1.165) is 69.0 Å². The van der Waals surface area contributed by atoms with Gasteiger partial charge >= 0.3 is 0 Å². The topological polar surface area (TPSA) is 323 Å². The molecule has 141 heavy (non-hydrogen) atoms. The van der Waals surface area contributed by atoms with Gasteiger partial charge in [0.05, 0.1) is 83.6 Å². The van der Waals surface area contributed by atoms with Crippen LogP contribution in [-0.4, -0.2) is 255 Å². The second-order valence-electron chi connectivity index (χ2n) is 37.6. The smallest absolute Gasteiger partial charge is 0.237 e. The summed E-state index contributed by atoms with van der Waals surface area (Å²) in [4.78, 5) is 110. The molecule has 0 radical (unpaired) electrons. The number of rotatable bonds is 26. The fourth-order valence-electron chi connectivity index (χ4n) is 20.3. The molecule has 28 nitrogen and oxygen atoms in total. The molecular weight excluding hydrogens is 1810 g/mol. The number of likely N-dealkylation sites (tertiary alicyclic amines) is 5. The lowest BCUT2D eigenvalue weighted by molar-refractivity contribution is -0.136. The molecule has 5 aromatic heterocycles. The van der Waals surface area contributed by atoms with Crippen LogP contribution in [0.2, 0.25) is 0 Å². The van der Waals surface area contributed by atoms with Crippen LogP contribution in [0.15, 0.2) is 236 Å². The van der Waals surface area contributed by atoms with Gasteiger partial charge in [-0.1, -0.05) is 72.8 Å². The fraction of sp³-hybridized carbons (Fsp3) is 0.336. The van der Waals surface area contributed by atoms with Crippen molar-refractivity contribution in [1.29, 1.82) is 0 Å². The highest BCUT2D eigenvalue weighted by molar-refractivity contribution is 6.04. The largest absolute Gasteiger partial charge is 0.384 e. The van der Waals surface area contributed by atoms with Crippen LogP contribution in [-0.2, 0) is 54.3 Å². The molecule has 1 aliphatic carbocycles. The van der Waals surface area contributed by atoms with Gasteiger partial charge in [-0.05, 0) is 208 Å². The van der Waals surface area contributed by atoms with Crippen LogP contribution in [0.4, 0.5) is 43.4 Å². The highest BCUT2D eigenvalue weighted by Gasteiger charge is 2.50. The van der Waals surface area contributed by atoms with Gasteiger partial charge in [-0.25, -0.2) is 46.3 Å². The Morgan fingerprint density at radius 2 is 0.816 bits per heavy atom. The Hall–Kier alpha value is -14.3. The molecule has 6 aliphatic heterocycles. The summed E-state index contributed by atoms with van der Waals surface area (Å²) in [6.07, 6.45) is 19.6. The zero-order valence-electron chi connectivity index (χ0n) is 78.7. The molecule has 0 bridgehead atoms. The first-order chi connectivity index (χ1) is 68.3. The fourth-order valence-corrected chi connectivity index (χ4v) is 20.3. The van der Waals surface area contributed by atoms with Crippen molar-refractivity contribution < 1.29 is 69.3 Å². The first kappa shape index (κ1) is 97.0. The molecule has 5 fully saturated rings. The number of fused-ring (bicyclic) bond motifs is 3. The Bertz CT molecular complexity index is 6870. The second-order valence-corrected chi connectivity index (χ2v) is 37.6. The zero-order valence-corrected chi connectivity index (χ0v) is 78.7. The van der Waals surface area contributed by atoms with Crippen LogP contribution < -0.4 is 16.0 Å². The van der Waals surface area contributed by atoms with E-state index in [0.29, 0.717) is 158 Å². The SMILES string of the molecule is COCC1(C(=O)Nc2ccc3[nH]nc(-c4ccc(F)cc4)c3c2)CCN(CC(=O)N2CC=C(C3=CCC=C3)CC2)C1.COC[C@@]1(C(=O)Nc2ccc3[nH]nc(-c4ccc(F)c(C)c4)c3c2)CCN(CC(=O)N2CCC(F)(c3ccc(-c4ncccn4)cc3)CC2)C1.COC[C@@]1(C(=O)Nc2ccc3[nH]nc(-c4ccc(F)cc4F)c3c2)CCN(CC(=O)N2CCC(F)(c3ccc(-c4ncccn4)cc3)CC2)C1. The number of carbonyl (C=O) groups excluding carboxylic acids is 6. The number of piperidine rings is 2. The molecule has 0 saturated carbocycles. The molecule has 11 heterocycles. The Labute approximate surface area is 810 Å². The molecule has 0 spiro atoms. The quantitative estimate of drug-likeness (QED) is 0.0274. The number of nitrogens with zero attached hydrogens (tertiary/aromatic N) is 13. The van der Waals surface area contributed by atoms with Crippen molar-refractivity contribution in [3.8, 4) is 56.5 Å². The monoisotopic (exact) mass is 1920 g/mol. The number of nitrogens with one attached hydrogen (secondary N) is 6.